The molecule has 2 aromatic rings. The highest BCUT2D eigenvalue weighted by Crippen LogP contribution is 2.23. The van der Waals surface area contributed by atoms with Crippen molar-refractivity contribution in [2.75, 3.05) is 7.11 Å². The third-order valence-electron chi connectivity index (χ3n) is 1.64. The topological polar surface area (TPSA) is 68.1 Å². The van der Waals surface area contributed by atoms with E-state index >= 15 is 0 Å². The summed E-state index contributed by atoms with van der Waals surface area (Å²) in [6, 6.07) is 1.90. The van der Waals surface area contributed by atoms with E-state index in [1.807, 2.05) is 11.4 Å². The fraction of sp³-hybridized carbons (Fsp3) is 0.250. The van der Waals surface area contributed by atoms with Crippen molar-refractivity contribution < 1.29 is 9.26 Å². The molecule has 14 heavy (non-hydrogen) atoms. The van der Waals surface area contributed by atoms with Gasteiger partial charge >= 0.3 is 5.76 Å². The number of thiophene rings is 1. The summed E-state index contributed by atoms with van der Waals surface area (Å²) >= 11 is 1.48. The Morgan fingerprint density at radius 1 is 1.71 bits per heavy atom. The zero-order chi connectivity index (χ0) is 9.97. The van der Waals surface area contributed by atoms with Gasteiger partial charge in [0.15, 0.2) is 5.82 Å². The number of nitrogens with zero attached hydrogens (tertiary/aromatic N) is 1. The van der Waals surface area contributed by atoms with Gasteiger partial charge in [0.1, 0.15) is 0 Å². The predicted octanol–water partition coefficient (Wildman–Crippen LogP) is 1.24. The highest BCUT2D eigenvalue weighted by Gasteiger charge is 2.07. The van der Waals surface area contributed by atoms with Gasteiger partial charge in [0.05, 0.1) is 11.5 Å². The summed E-state index contributed by atoms with van der Waals surface area (Å²) in [6.45, 7) is 0.554. The number of aromatic nitrogens is 2. The zero-order valence-electron chi connectivity index (χ0n) is 7.44. The molecular formula is C8H8N2O3S. The van der Waals surface area contributed by atoms with Gasteiger partial charge in [-0.05, 0) is 17.0 Å². The number of aromatic amines is 1. The summed E-state index contributed by atoms with van der Waals surface area (Å²) in [4.78, 5) is 14.0. The van der Waals surface area contributed by atoms with Gasteiger partial charge in [0, 0.05) is 7.11 Å². The molecule has 2 aromatic heterocycles. The summed E-state index contributed by atoms with van der Waals surface area (Å²) in [7, 11) is 1.63. The smallest absolute Gasteiger partial charge is 0.380 e. The molecule has 0 spiro atoms. The van der Waals surface area contributed by atoms with Crippen molar-refractivity contribution >= 4 is 11.3 Å². The number of rotatable bonds is 3. The fourth-order valence-corrected chi connectivity index (χ4v) is 1.91. The van der Waals surface area contributed by atoms with E-state index in [1.165, 1.54) is 11.3 Å². The molecule has 74 valence electrons. The Bertz CT molecular complexity index is 471. The Hall–Kier alpha value is -1.40. The summed E-state index contributed by atoms with van der Waals surface area (Å²) < 4.78 is 9.38. The number of hydrogen-bond acceptors (Lipinski definition) is 5. The third kappa shape index (κ3) is 1.75. The van der Waals surface area contributed by atoms with Gasteiger partial charge in [0.25, 0.3) is 0 Å². The van der Waals surface area contributed by atoms with Crippen LogP contribution in [0.5, 0.6) is 0 Å². The second kappa shape index (κ2) is 3.77. The lowest BCUT2D eigenvalue weighted by molar-refractivity contribution is 0.185. The van der Waals surface area contributed by atoms with Crippen molar-refractivity contribution in [3.63, 3.8) is 0 Å². The van der Waals surface area contributed by atoms with Crippen LogP contribution in [-0.2, 0) is 11.3 Å². The molecule has 0 aliphatic carbocycles. The van der Waals surface area contributed by atoms with Crippen LogP contribution in [-0.4, -0.2) is 17.3 Å². The molecule has 0 aliphatic heterocycles. The minimum atomic E-state index is -0.540. The molecule has 1 N–H and O–H groups in total. The quantitative estimate of drug-likeness (QED) is 0.831. The number of nitrogens with one attached hydrogen (secondary N) is 1. The number of H-pyrrole nitrogens is 1. The molecule has 0 fully saturated rings. The third-order valence-corrected chi connectivity index (χ3v) is 2.62. The molecule has 0 aliphatic rings. The van der Waals surface area contributed by atoms with Crippen LogP contribution in [0.15, 0.2) is 20.8 Å². The minimum Gasteiger partial charge on any atom is -0.380 e. The predicted molar refractivity (Wildman–Crippen MR) is 51.1 cm³/mol. The Morgan fingerprint density at radius 2 is 2.57 bits per heavy atom. The molecule has 0 unspecified atom stereocenters. The molecule has 5 nitrogen and oxygen atoms in total. The van der Waals surface area contributed by atoms with Gasteiger partial charge in [-0.1, -0.05) is 5.16 Å². The van der Waals surface area contributed by atoms with Crippen LogP contribution in [0.25, 0.3) is 10.7 Å². The van der Waals surface area contributed by atoms with E-state index in [0.29, 0.717) is 12.4 Å². The monoisotopic (exact) mass is 212 g/mol. The van der Waals surface area contributed by atoms with Crippen molar-refractivity contribution in [2.24, 2.45) is 0 Å². The second-order valence-electron chi connectivity index (χ2n) is 2.70. The van der Waals surface area contributed by atoms with Gasteiger partial charge in [-0.15, -0.1) is 11.3 Å². The molecule has 2 rings (SSSR count). The van der Waals surface area contributed by atoms with Crippen molar-refractivity contribution in [1.82, 2.24) is 10.1 Å². The average Bonchev–Trinajstić information content (AvgIpc) is 2.74. The second-order valence-corrected chi connectivity index (χ2v) is 3.61. The van der Waals surface area contributed by atoms with E-state index < -0.39 is 5.76 Å². The van der Waals surface area contributed by atoms with Gasteiger partial charge in [-0.3, -0.25) is 9.51 Å². The van der Waals surface area contributed by atoms with Crippen LogP contribution in [0, 0.1) is 0 Å². The number of ether oxygens (including phenoxy) is 1. The van der Waals surface area contributed by atoms with Crippen LogP contribution < -0.4 is 5.76 Å². The van der Waals surface area contributed by atoms with Crippen LogP contribution in [0.3, 0.4) is 0 Å². The number of methoxy groups -OCH3 is 1. The summed E-state index contributed by atoms with van der Waals surface area (Å²) in [5.41, 5.74) is 1.05. The van der Waals surface area contributed by atoms with Crippen molar-refractivity contribution in [3.8, 4) is 10.7 Å². The maximum Gasteiger partial charge on any atom is 0.439 e. The normalized spacial score (nSPS) is 10.6. The molecule has 0 saturated heterocycles. The molecule has 0 saturated carbocycles. The molecule has 2 heterocycles. The van der Waals surface area contributed by atoms with Gasteiger partial charge in [-0.25, -0.2) is 4.79 Å². The highest BCUT2D eigenvalue weighted by atomic mass is 32.1. The van der Waals surface area contributed by atoms with Gasteiger partial charge < -0.3 is 4.74 Å². The summed E-state index contributed by atoms with van der Waals surface area (Å²) in [5, 5.41) is 5.54. The van der Waals surface area contributed by atoms with Gasteiger partial charge in [0.2, 0.25) is 0 Å². The molecule has 0 aromatic carbocycles. The first-order chi connectivity index (χ1) is 6.79. The van der Waals surface area contributed by atoms with Gasteiger partial charge in [-0.2, -0.15) is 0 Å². The van der Waals surface area contributed by atoms with Crippen LogP contribution >= 0.6 is 11.3 Å². The summed E-state index contributed by atoms with van der Waals surface area (Å²) in [6.07, 6.45) is 0. The molecule has 0 amide bonds. The fourth-order valence-electron chi connectivity index (χ4n) is 1.08. The molecule has 0 atom stereocenters. The maximum absolute atomic E-state index is 10.7. The van der Waals surface area contributed by atoms with Crippen molar-refractivity contribution in [2.45, 2.75) is 6.61 Å². The SMILES string of the molecule is COCc1csc(-c2noc(=O)[nH]2)c1. The Morgan fingerprint density at radius 3 is 3.21 bits per heavy atom. The van der Waals surface area contributed by atoms with Crippen LogP contribution in [0.4, 0.5) is 0 Å². The van der Waals surface area contributed by atoms with Crippen LogP contribution in [0.1, 0.15) is 5.56 Å². The lowest BCUT2D eigenvalue weighted by Crippen LogP contribution is -1.94. The van der Waals surface area contributed by atoms with E-state index in [2.05, 4.69) is 14.7 Å². The lowest BCUT2D eigenvalue weighted by atomic mass is 10.3. The van der Waals surface area contributed by atoms with Crippen LogP contribution in [0.2, 0.25) is 0 Å². The first-order valence-electron chi connectivity index (χ1n) is 3.92. The molecule has 0 radical (unpaired) electrons. The molecular weight excluding hydrogens is 204 g/mol. The Labute approximate surface area is 83.3 Å². The Balaban J connectivity index is 2.28. The van der Waals surface area contributed by atoms with Crippen molar-refractivity contribution in [1.29, 1.82) is 0 Å². The summed E-state index contributed by atoms with van der Waals surface area (Å²) in [5.74, 6) is -0.0796. The standard InChI is InChI=1S/C8H8N2O3S/c1-12-3-5-2-6(14-4-5)7-9-8(11)13-10-7/h2,4H,3H2,1H3,(H,9,10,11). The van der Waals surface area contributed by atoms with E-state index in [9.17, 15) is 4.79 Å². The molecule has 6 heteroatoms. The first kappa shape index (κ1) is 9.17. The average molecular weight is 212 g/mol. The first-order valence-corrected chi connectivity index (χ1v) is 4.80. The van der Waals surface area contributed by atoms with E-state index in [-0.39, 0.29) is 0 Å². The highest BCUT2D eigenvalue weighted by molar-refractivity contribution is 7.13. The maximum atomic E-state index is 10.7. The van der Waals surface area contributed by atoms with Crippen molar-refractivity contribution in [3.05, 3.63) is 27.6 Å². The minimum absolute atomic E-state index is 0.461. The van der Waals surface area contributed by atoms with E-state index in [0.717, 1.165) is 10.4 Å². The number of hydrogen-bond donors (Lipinski definition) is 1. The largest absolute Gasteiger partial charge is 0.439 e. The molecule has 0 bridgehead atoms. The van der Waals surface area contributed by atoms with E-state index in [4.69, 9.17) is 4.74 Å². The zero-order valence-corrected chi connectivity index (χ0v) is 8.26. The Kier molecular flexibility index (Phi) is 2.47. The lowest BCUT2D eigenvalue weighted by Gasteiger charge is -1.90. The van der Waals surface area contributed by atoms with E-state index in [1.54, 1.807) is 7.11 Å².